The highest BCUT2D eigenvalue weighted by Crippen LogP contribution is 2.04. The molecule has 10 heavy (non-hydrogen) atoms. The highest BCUT2D eigenvalue weighted by atomic mass is 16.3. The lowest BCUT2D eigenvalue weighted by Crippen LogP contribution is -2.03. The van der Waals surface area contributed by atoms with Crippen molar-refractivity contribution < 1.29 is 5.11 Å². The third-order valence-corrected chi connectivity index (χ3v) is 1.13. The Hall–Kier alpha value is -0.820. The predicted molar refractivity (Wildman–Crippen MR) is 44.8 cm³/mol. The maximum absolute atomic E-state index is 9.24. The SMILES string of the molecule is C=CC(=C)C(O)C=C(C)C. The predicted octanol–water partition coefficient (Wildman–Crippen LogP) is 2.06. The molecule has 1 nitrogen and oxygen atoms in total. The highest BCUT2D eigenvalue weighted by Gasteiger charge is 1.99. The lowest BCUT2D eigenvalue weighted by molar-refractivity contribution is 0.262. The number of aliphatic hydroxyl groups is 1. The Labute approximate surface area is 62.4 Å². The minimum absolute atomic E-state index is 0.567. The molecule has 0 aliphatic rings. The molecule has 0 radical (unpaired) electrons. The van der Waals surface area contributed by atoms with Gasteiger partial charge in [0.1, 0.15) is 0 Å². The van der Waals surface area contributed by atoms with Crippen molar-refractivity contribution in [3.05, 3.63) is 36.5 Å². The van der Waals surface area contributed by atoms with Crippen LogP contribution in [0.3, 0.4) is 0 Å². The summed E-state index contributed by atoms with van der Waals surface area (Å²) in [6.45, 7) is 11.0. The first-order valence-corrected chi connectivity index (χ1v) is 3.22. The van der Waals surface area contributed by atoms with Crippen LogP contribution in [-0.4, -0.2) is 11.2 Å². The van der Waals surface area contributed by atoms with Crippen LogP contribution >= 0.6 is 0 Å². The summed E-state index contributed by atoms with van der Waals surface area (Å²) < 4.78 is 0. The molecule has 0 spiro atoms. The molecule has 0 saturated carbocycles. The summed E-state index contributed by atoms with van der Waals surface area (Å²) in [5.74, 6) is 0. The second-order valence-corrected chi connectivity index (χ2v) is 2.47. The van der Waals surface area contributed by atoms with Gasteiger partial charge in [-0.25, -0.2) is 0 Å². The van der Waals surface area contributed by atoms with Gasteiger partial charge in [-0.2, -0.15) is 0 Å². The quantitative estimate of drug-likeness (QED) is 0.467. The summed E-state index contributed by atoms with van der Waals surface area (Å²) >= 11 is 0. The molecule has 0 heterocycles. The molecule has 0 aliphatic heterocycles. The van der Waals surface area contributed by atoms with Gasteiger partial charge in [-0.1, -0.05) is 30.9 Å². The van der Waals surface area contributed by atoms with Crippen molar-refractivity contribution in [1.29, 1.82) is 0 Å². The Morgan fingerprint density at radius 1 is 1.50 bits per heavy atom. The van der Waals surface area contributed by atoms with Gasteiger partial charge in [0.05, 0.1) is 6.10 Å². The number of rotatable bonds is 3. The molecule has 1 N–H and O–H groups in total. The zero-order valence-corrected chi connectivity index (χ0v) is 6.59. The maximum Gasteiger partial charge on any atom is 0.0968 e. The van der Waals surface area contributed by atoms with Crippen LogP contribution in [-0.2, 0) is 0 Å². The molecule has 56 valence electrons. The van der Waals surface area contributed by atoms with Crippen LogP contribution in [0.5, 0.6) is 0 Å². The lowest BCUT2D eigenvalue weighted by Gasteiger charge is -2.04. The van der Waals surface area contributed by atoms with Crippen molar-refractivity contribution >= 4 is 0 Å². The first kappa shape index (κ1) is 9.18. The summed E-state index contributed by atoms with van der Waals surface area (Å²) in [4.78, 5) is 0. The fraction of sp³-hybridized carbons (Fsp3) is 0.333. The van der Waals surface area contributed by atoms with Crippen molar-refractivity contribution in [3.8, 4) is 0 Å². The third-order valence-electron chi connectivity index (χ3n) is 1.13. The van der Waals surface area contributed by atoms with E-state index in [1.165, 1.54) is 0 Å². The van der Waals surface area contributed by atoms with Crippen LogP contribution in [0, 0.1) is 0 Å². The Morgan fingerprint density at radius 2 is 2.00 bits per heavy atom. The van der Waals surface area contributed by atoms with Crippen LogP contribution in [0.25, 0.3) is 0 Å². The molecule has 1 heteroatoms. The van der Waals surface area contributed by atoms with Crippen molar-refractivity contribution in [2.24, 2.45) is 0 Å². The van der Waals surface area contributed by atoms with E-state index in [9.17, 15) is 5.11 Å². The molecule has 0 amide bonds. The molecule has 1 unspecified atom stereocenters. The Morgan fingerprint density at radius 3 is 2.30 bits per heavy atom. The van der Waals surface area contributed by atoms with E-state index in [4.69, 9.17) is 0 Å². The van der Waals surface area contributed by atoms with E-state index in [1.807, 2.05) is 13.8 Å². The molecular formula is C9H14O. The van der Waals surface area contributed by atoms with Crippen molar-refractivity contribution in [1.82, 2.24) is 0 Å². The number of aliphatic hydroxyl groups excluding tert-OH is 1. The number of allylic oxidation sites excluding steroid dienone is 1. The topological polar surface area (TPSA) is 20.2 Å². The Bertz CT molecular complexity index is 162. The maximum atomic E-state index is 9.24. The second-order valence-electron chi connectivity index (χ2n) is 2.47. The smallest absolute Gasteiger partial charge is 0.0968 e. The molecule has 0 fully saturated rings. The van der Waals surface area contributed by atoms with E-state index in [0.717, 1.165) is 5.57 Å². The second kappa shape index (κ2) is 4.07. The average molecular weight is 138 g/mol. The van der Waals surface area contributed by atoms with Gasteiger partial charge in [-0.05, 0) is 19.4 Å². The molecule has 0 aromatic carbocycles. The molecule has 0 aromatic heterocycles. The lowest BCUT2D eigenvalue weighted by atomic mass is 10.1. The van der Waals surface area contributed by atoms with Crippen molar-refractivity contribution in [3.63, 3.8) is 0 Å². The van der Waals surface area contributed by atoms with E-state index in [2.05, 4.69) is 13.2 Å². The van der Waals surface area contributed by atoms with Crippen LogP contribution in [0.1, 0.15) is 13.8 Å². The standard InChI is InChI=1S/C9H14O/c1-5-8(4)9(10)6-7(2)3/h5-6,9-10H,1,4H2,2-3H3. The van der Waals surface area contributed by atoms with Gasteiger partial charge >= 0.3 is 0 Å². The molecule has 0 rings (SSSR count). The van der Waals surface area contributed by atoms with Crippen molar-refractivity contribution in [2.45, 2.75) is 20.0 Å². The van der Waals surface area contributed by atoms with Gasteiger partial charge in [-0.3, -0.25) is 0 Å². The van der Waals surface area contributed by atoms with Crippen LogP contribution in [0.4, 0.5) is 0 Å². The average Bonchev–Trinajstić information content (AvgIpc) is 1.85. The van der Waals surface area contributed by atoms with Gasteiger partial charge < -0.3 is 5.11 Å². The number of hydrogen-bond acceptors (Lipinski definition) is 1. The summed E-state index contributed by atoms with van der Waals surface area (Å²) in [6.07, 6.45) is 2.73. The molecule has 0 aromatic rings. The molecule has 1 atom stereocenters. The van der Waals surface area contributed by atoms with Gasteiger partial charge in [-0.15, -0.1) is 0 Å². The van der Waals surface area contributed by atoms with E-state index in [-0.39, 0.29) is 0 Å². The molecule has 0 saturated heterocycles. The van der Waals surface area contributed by atoms with E-state index >= 15 is 0 Å². The zero-order valence-electron chi connectivity index (χ0n) is 6.59. The van der Waals surface area contributed by atoms with Gasteiger partial charge in [0.2, 0.25) is 0 Å². The minimum Gasteiger partial charge on any atom is -0.384 e. The van der Waals surface area contributed by atoms with E-state index in [0.29, 0.717) is 5.57 Å². The third kappa shape index (κ3) is 3.25. The number of hydrogen-bond donors (Lipinski definition) is 1. The molecule has 0 bridgehead atoms. The Balaban J connectivity index is 4.09. The normalized spacial score (nSPS) is 11.9. The van der Waals surface area contributed by atoms with Gasteiger partial charge in [0.25, 0.3) is 0 Å². The first-order valence-electron chi connectivity index (χ1n) is 3.22. The summed E-state index contributed by atoms with van der Waals surface area (Å²) in [6, 6.07) is 0. The zero-order chi connectivity index (χ0) is 8.15. The highest BCUT2D eigenvalue weighted by molar-refractivity contribution is 5.22. The van der Waals surface area contributed by atoms with Crippen LogP contribution < -0.4 is 0 Å². The first-order chi connectivity index (χ1) is 4.57. The summed E-state index contributed by atoms with van der Waals surface area (Å²) in [5, 5.41) is 9.24. The van der Waals surface area contributed by atoms with Gasteiger partial charge in [0, 0.05) is 0 Å². The summed E-state index contributed by atoms with van der Waals surface area (Å²) in [7, 11) is 0. The Kier molecular flexibility index (Phi) is 3.74. The molecule has 0 aliphatic carbocycles. The van der Waals surface area contributed by atoms with E-state index in [1.54, 1.807) is 12.2 Å². The fourth-order valence-corrected chi connectivity index (χ4v) is 0.544. The van der Waals surface area contributed by atoms with Crippen molar-refractivity contribution in [2.75, 3.05) is 0 Å². The van der Waals surface area contributed by atoms with Crippen LogP contribution in [0.15, 0.2) is 36.5 Å². The monoisotopic (exact) mass is 138 g/mol. The molecular weight excluding hydrogens is 124 g/mol. The minimum atomic E-state index is -0.567. The largest absolute Gasteiger partial charge is 0.384 e. The van der Waals surface area contributed by atoms with E-state index < -0.39 is 6.10 Å². The van der Waals surface area contributed by atoms with Gasteiger partial charge in [0.15, 0.2) is 0 Å². The fourth-order valence-electron chi connectivity index (χ4n) is 0.544. The van der Waals surface area contributed by atoms with Crippen LogP contribution in [0.2, 0.25) is 0 Å². The summed E-state index contributed by atoms with van der Waals surface area (Å²) in [5.41, 5.74) is 1.72.